The third-order valence-electron chi connectivity index (χ3n) is 7.00. The first-order valence-corrected chi connectivity index (χ1v) is 12.9. The maximum Gasteiger partial charge on any atom is 0.333 e. The fourth-order valence-electron chi connectivity index (χ4n) is 5.19. The van der Waals surface area contributed by atoms with Crippen molar-refractivity contribution in [3.63, 3.8) is 0 Å². The lowest BCUT2D eigenvalue weighted by molar-refractivity contribution is -0.0197. The molecule has 2 aromatic heterocycles. The molecule has 4 N–H and O–H groups in total. The molecule has 2 aliphatic carbocycles. The molecule has 2 aromatic rings. The average Bonchev–Trinajstić information content (AvgIpc) is 3.20. The van der Waals surface area contributed by atoms with Crippen molar-refractivity contribution in [2.45, 2.75) is 56.3 Å². The lowest BCUT2D eigenvalue weighted by Crippen LogP contribution is -2.26. The molecule has 3 heterocycles. The highest BCUT2D eigenvalue weighted by Gasteiger charge is 2.50. The average molecular weight is 493 g/mol. The number of rotatable bonds is 9. The SMILES string of the molecule is NS(=O)(=O)OC[C@H]1C[C@@H](Nc2ncncc2C(=O)c2cc(C3(C4CC4)CCCO3)co2)C[C@@H]1O. The third-order valence-corrected chi connectivity index (χ3v) is 7.47. The number of aliphatic hydroxyl groups excluding tert-OH is 1. The quantitative estimate of drug-likeness (QED) is 0.436. The Balaban J connectivity index is 1.30. The van der Waals surface area contributed by atoms with Crippen molar-refractivity contribution in [3.05, 3.63) is 41.7 Å². The number of ether oxygens (including phenoxy) is 1. The van der Waals surface area contributed by atoms with Gasteiger partial charge in [0.05, 0.1) is 30.1 Å². The largest absolute Gasteiger partial charge is 0.460 e. The molecule has 0 radical (unpaired) electrons. The molecule has 0 amide bonds. The van der Waals surface area contributed by atoms with Crippen LogP contribution in [0.5, 0.6) is 0 Å². The van der Waals surface area contributed by atoms with Gasteiger partial charge in [-0.05, 0) is 50.5 Å². The predicted octanol–water partition coefficient (Wildman–Crippen LogP) is 1.49. The van der Waals surface area contributed by atoms with Gasteiger partial charge in [-0.15, -0.1) is 0 Å². The summed E-state index contributed by atoms with van der Waals surface area (Å²) in [7, 11) is -4.09. The van der Waals surface area contributed by atoms with Gasteiger partial charge in [0.15, 0.2) is 5.76 Å². The van der Waals surface area contributed by atoms with Gasteiger partial charge in [-0.25, -0.2) is 15.1 Å². The van der Waals surface area contributed by atoms with Crippen molar-refractivity contribution in [2.24, 2.45) is 17.0 Å². The molecule has 1 aliphatic heterocycles. The summed E-state index contributed by atoms with van der Waals surface area (Å²) in [6.45, 7) is 0.496. The maximum atomic E-state index is 13.3. The number of carbonyl (C=O) groups excluding carboxylic acids is 1. The van der Waals surface area contributed by atoms with E-state index in [1.807, 2.05) is 0 Å². The Kier molecular flexibility index (Phi) is 6.19. The van der Waals surface area contributed by atoms with E-state index in [0.29, 0.717) is 31.2 Å². The first kappa shape index (κ1) is 23.4. The molecule has 1 unspecified atom stereocenters. The lowest BCUT2D eigenvalue weighted by Gasteiger charge is -2.27. The van der Waals surface area contributed by atoms with Gasteiger partial charge in [-0.1, -0.05) is 0 Å². The van der Waals surface area contributed by atoms with Gasteiger partial charge in [0.25, 0.3) is 0 Å². The summed E-state index contributed by atoms with van der Waals surface area (Å²) < 4.78 is 38.6. The highest BCUT2D eigenvalue weighted by atomic mass is 32.2. The maximum absolute atomic E-state index is 13.3. The summed E-state index contributed by atoms with van der Waals surface area (Å²) in [6, 6.07) is 1.52. The number of aromatic nitrogens is 2. The minimum atomic E-state index is -4.09. The number of hydrogen-bond donors (Lipinski definition) is 3. The van der Waals surface area contributed by atoms with Crippen molar-refractivity contribution in [3.8, 4) is 0 Å². The van der Waals surface area contributed by atoms with E-state index in [9.17, 15) is 18.3 Å². The van der Waals surface area contributed by atoms with Crippen LogP contribution in [-0.4, -0.2) is 54.6 Å². The molecule has 3 fully saturated rings. The van der Waals surface area contributed by atoms with Crippen molar-refractivity contribution in [1.82, 2.24) is 9.97 Å². The van der Waals surface area contributed by atoms with Crippen molar-refractivity contribution in [2.75, 3.05) is 18.5 Å². The van der Waals surface area contributed by atoms with Gasteiger partial charge in [0.2, 0.25) is 5.78 Å². The number of aliphatic hydroxyl groups is 1. The fraction of sp³-hybridized carbons (Fsp3) is 0.591. The number of nitrogens with zero attached hydrogens (tertiary/aromatic N) is 2. The van der Waals surface area contributed by atoms with Gasteiger partial charge in [-0.3, -0.25) is 8.98 Å². The van der Waals surface area contributed by atoms with E-state index in [1.54, 1.807) is 12.3 Å². The molecule has 4 atom stereocenters. The van der Waals surface area contributed by atoms with Crippen LogP contribution in [0.1, 0.15) is 60.2 Å². The van der Waals surface area contributed by atoms with Crippen LogP contribution in [0.2, 0.25) is 0 Å². The molecule has 5 rings (SSSR count). The molecular weight excluding hydrogens is 464 g/mol. The van der Waals surface area contributed by atoms with Crippen LogP contribution in [0.25, 0.3) is 0 Å². The topological polar surface area (TPSA) is 167 Å². The Morgan fingerprint density at radius 1 is 1.35 bits per heavy atom. The van der Waals surface area contributed by atoms with Crippen molar-refractivity contribution < 1.29 is 31.7 Å². The zero-order valence-electron chi connectivity index (χ0n) is 18.6. The Morgan fingerprint density at radius 3 is 2.88 bits per heavy atom. The summed E-state index contributed by atoms with van der Waals surface area (Å²) in [5, 5.41) is 18.3. The van der Waals surface area contributed by atoms with E-state index in [-0.39, 0.29) is 35.4 Å². The Hall–Kier alpha value is -2.38. The Morgan fingerprint density at radius 2 is 2.18 bits per heavy atom. The van der Waals surface area contributed by atoms with Crippen LogP contribution in [0.15, 0.2) is 29.3 Å². The summed E-state index contributed by atoms with van der Waals surface area (Å²) >= 11 is 0. The number of carbonyl (C=O) groups is 1. The molecule has 3 aliphatic rings. The lowest BCUT2D eigenvalue weighted by atomic mass is 9.87. The zero-order valence-corrected chi connectivity index (χ0v) is 19.4. The summed E-state index contributed by atoms with van der Waals surface area (Å²) in [5.74, 6) is 0.194. The number of nitrogens with one attached hydrogen (secondary N) is 1. The van der Waals surface area contributed by atoms with Gasteiger partial charge >= 0.3 is 10.3 Å². The van der Waals surface area contributed by atoms with Gasteiger partial charge in [0, 0.05) is 30.3 Å². The van der Waals surface area contributed by atoms with E-state index in [4.69, 9.17) is 14.3 Å². The molecule has 0 aromatic carbocycles. The third kappa shape index (κ3) is 4.73. The number of anilines is 1. The molecule has 0 spiro atoms. The standard InChI is InChI=1S/C22H28N4O7S/c23-34(29,30)33-10-13-6-16(8-18(13)27)26-21-17(9-24-12-25-21)20(28)19-7-15(11-31-19)22(14-2-3-14)4-1-5-32-22/h7,9,11-14,16,18,27H,1-6,8,10H2,(H2,23,29,30)(H,24,25,26)/t13-,16-,18+,22?/m1/s1. The van der Waals surface area contributed by atoms with Crippen LogP contribution >= 0.6 is 0 Å². The minimum absolute atomic E-state index is 0.189. The molecule has 12 heteroatoms. The molecule has 0 bridgehead atoms. The predicted molar refractivity (Wildman–Crippen MR) is 119 cm³/mol. The van der Waals surface area contributed by atoms with Crippen LogP contribution in [0.3, 0.4) is 0 Å². The smallest absolute Gasteiger partial charge is 0.333 e. The van der Waals surface area contributed by atoms with E-state index in [1.165, 1.54) is 12.5 Å². The van der Waals surface area contributed by atoms with Gasteiger partial charge < -0.3 is 19.6 Å². The van der Waals surface area contributed by atoms with E-state index < -0.39 is 22.3 Å². The Labute approximate surface area is 197 Å². The molecule has 11 nitrogen and oxygen atoms in total. The second-order valence-corrected chi connectivity index (χ2v) is 10.6. The second kappa shape index (κ2) is 9.00. The summed E-state index contributed by atoms with van der Waals surface area (Å²) in [6.07, 6.45) is 8.49. The molecule has 2 saturated carbocycles. The first-order chi connectivity index (χ1) is 16.2. The molecule has 184 valence electrons. The van der Waals surface area contributed by atoms with Crippen LogP contribution in [0, 0.1) is 11.8 Å². The number of furan rings is 1. The highest BCUT2D eigenvalue weighted by molar-refractivity contribution is 7.84. The molecule has 1 saturated heterocycles. The van der Waals surface area contributed by atoms with Crippen LogP contribution in [-0.2, 0) is 24.8 Å². The monoisotopic (exact) mass is 492 g/mol. The van der Waals surface area contributed by atoms with Gasteiger partial charge in [-0.2, -0.15) is 8.42 Å². The van der Waals surface area contributed by atoms with Gasteiger partial charge in [0.1, 0.15) is 12.1 Å². The molecular formula is C22H28N4O7S. The minimum Gasteiger partial charge on any atom is -0.460 e. The van der Waals surface area contributed by atoms with Crippen LogP contribution < -0.4 is 10.5 Å². The van der Waals surface area contributed by atoms with E-state index >= 15 is 0 Å². The van der Waals surface area contributed by atoms with Crippen molar-refractivity contribution in [1.29, 1.82) is 0 Å². The van der Waals surface area contributed by atoms with Crippen LogP contribution in [0.4, 0.5) is 5.82 Å². The zero-order chi connectivity index (χ0) is 23.9. The normalized spacial score (nSPS) is 29.4. The second-order valence-electron chi connectivity index (χ2n) is 9.35. The first-order valence-electron chi connectivity index (χ1n) is 11.4. The summed E-state index contributed by atoms with van der Waals surface area (Å²) in [5.41, 5.74) is 0.790. The number of hydrogen-bond acceptors (Lipinski definition) is 10. The van der Waals surface area contributed by atoms with E-state index in [2.05, 4.69) is 19.5 Å². The molecule has 34 heavy (non-hydrogen) atoms. The number of ketones is 1. The Bertz CT molecular complexity index is 1160. The summed E-state index contributed by atoms with van der Waals surface area (Å²) in [4.78, 5) is 21.5. The highest BCUT2D eigenvalue weighted by Crippen LogP contribution is 2.53. The number of nitrogens with two attached hydrogens (primary N) is 1. The fourth-order valence-corrected chi connectivity index (χ4v) is 5.56. The van der Waals surface area contributed by atoms with Crippen molar-refractivity contribution >= 4 is 21.9 Å². The van der Waals surface area contributed by atoms with E-state index in [0.717, 1.165) is 31.2 Å².